The minimum Gasteiger partial charge on any atom is -0.436 e. The van der Waals surface area contributed by atoms with Crippen LogP contribution in [0.2, 0.25) is 0 Å². The van der Waals surface area contributed by atoms with Crippen LogP contribution in [-0.2, 0) is 4.74 Å². The summed E-state index contributed by atoms with van der Waals surface area (Å²) in [5, 5.41) is 11.1. The molecule has 1 N–H and O–H groups in total. The highest BCUT2D eigenvalue weighted by Crippen LogP contribution is 2.08. The van der Waals surface area contributed by atoms with Crippen molar-refractivity contribution in [2.45, 2.75) is 0 Å². The summed E-state index contributed by atoms with van der Waals surface area (Å²) in [5.74, 6) is 5.33. The molecule has 0 aliphatic heterocycles. The summed E-state index contributed by atoms with van der Waals surface area (Å²) in [6.07, 6.45) is -0.599. The monoisotopic (exact) mass is 248 g/mol. The number of halogens is 1. The van der Waals surface area contributed by atoms with Crippen molar-refractivity contribution in [1.82, 2.24) is 0 Å². The largest absolute Gasteiger partial charge is 0.436 e. The minimum absolute atomic E-state index is 0.00513. The number of nitrogens with zero attached hydrogens (tertiary/aromatic N) is 1. The van der Waals surface area contributed by atoms with E-state index in [-0.39, 0.29) is 12.5 Å². The van der Waals surface area contributed by atoms with E-state index in [1.165, 1.54) is 0 Å². The van der Waals surface area contributed by atoms with Gasteiger partial charge in [-0.05, 0) is 24.3 Å². The topological polar surface area (TPSA) is 62.1 Å². The third-order valence-electron chi connectivity index (χ3n) is 1.73. The number of carbonyl (C=O) groups excluding carboxylic acids is 1. The SMILES string of the molecule is N#Cc1ccc(NC(=O)OCC#CCCl)cc1. The van der Waals surface area contributed by atoms with E-state index < -0.39 is 6.09 Å². The predicted molar refractivity (Wildman–Crippen MR) is 64.6 cm³/mol. The number of nitrogens with one attached hydrogen (secondary N) is 1. The number of alkyl halides is 1. The Bertz CT molecular complexity index is 480. The first-order valence-electron chi connectivity index (χ1n) is 4.72. The Hall–Kier alpha value is -2.17. The van der Waals surface area contributed by atoms with Crippen LogP contribution in [0.1, 0.15) is 5.56 Å². The number of nitriles is 1. The Morgan fingerprint density at radius 2 is 2.06 bits per heavy atom. The Labute approximate surface area is 104 Å². The van der Waals surface area contributed by atoms with Gasteiger partial charge in [-0.2, -0.15) is 5.26 Å². The fraction of sp³-hybridized carbons (Fsp3) is 0.167. The van der Waals surface area contributed by atoms with Crippen LogP contribution in [0.3, 0.4) is 0 Å². The molecular formula is C12H9ClN2O2. The third kappa shape index (κ3) is 4.92. The fourth-order valence-electron chi connectivity index (χ4n) is 0.982. The average molecular weight is 249 g/mol. The van der Waals surface area contributed by atoms with Gasteiger partial charge >= 0.3 is 6.09 Å². The summed E-state index contributed by atoms with van der Waals surface area (Å²) in [5.41, 5.74) is 1.08. The first-order valence-corrected chi connectivity index (χ1v) is 5.25. The number of hydrogen-bond donors (Lipinski definition) is 1. The van der Waals surface area contributed by atoms with E-state index in [4.69, 9.17) is 21.6 Å². The van der Waals surface area contributed by atoms with Crippen LogP contribution in [0.25, 0.3) is 0 Å². The zero-order valence-electron chi connectivity index (χ0n) is 8.87. The summed E-state index contributed by atoms with van der Waals surface area (Å²) in [7, 11) is 0. The van der Waals surface area contributed by atoms with Crippen molar-refractivity contribution >= 4 is 23.4 Å². The number of anilines is 1. The van der Waals surface area contributed by atoms with E-state index in [0.29, 0.717) is 11.3 Å². The second-order valence-corrected chi connectivity index (χ2v) is 3.14. The maximum atomic E-state index is 11.2. The Morgan fingerprint density at radius 3 is 2.65 bits per heavy atom. The lowest BCUT2D eigenvalue weighted by atomic mass is 10.2. The van der Waals surface area contributed by atoms with Gasteiger partial charge in [0.1, 0.15) is 0 Å². The highest BCUT2D eigenvalue weighted by molar-refractivity contribution is 6.19. The smallest absolute Gasteiger partial charge is 0.412 e. The zero-order valence-corrected chi connectivity index (χ0v) is 9.62. The molecule has 1 aromatic carbocycles. The molecule has 0 radical (unpaired) electrons. The van der Waals surface area contributed by atoms with Gasteiger partial charge in [-0.3, -0.25) is 5.32 Å². The van der Waals surface area contributed by atoms with Crippen molar-refractivity contribution in [2.24, 2.45) is 0 Å². The van der Waals surface area contributed by atoms with Gasteiger partial charge in [-0.25, -0.2) is 4.79 Å². The molecule has 1 aromatic rings. The van der Waals surface area contributed by atoms with Crippen LogP contribution in [-0.4, -0.2) is 18.6 Å². The predicted octanol–water partition coefficient (Wildman–Crippen LogP) is 2.35. The molecule has 0 atom stereocenters. The van der Waals surface area contributed by atoms with Gasteiger partial charge in [0.25, 0.3) is 0 Å². The molecule has 0 saturated carbocycles. The number of rotatable bonds is 2. The van der Waals surface area contributed by atoms with Gasteiger partial charge in [0.2, 0.25) is 0 Å². The van der Waals surface area contributed by atoms with Crippen LogP contribution in [0, 0.1) is 23.2 Å². The quantitative estimate of drug-likeness (QED) is 0.646. The Kier molecular flexibility index (Phi) is 5.43. The number of ether oxygens (including phenoxy) is 1. The molecule has 4 nitrogen and oxygen atoms in total. The molecule has 0 fully saturated rings. The standard InChI is InChI=1S/C12H9ClN2O2/c13-7-1-2-8-17-12(16)15-11-5-3-10(9-14)4-6-11/h3-6H,7-8H2,(H,15,16). The van der Waals surface area contributed by atoms with E-state index in [1.54, 1.807) is 24.3 Å². The van der Waals surface area contributed by atoms with Gasteiger partial charge in [-0.15, -0.1) is 11.6 Å². The van der Waals surface area contributed by atoms with Gasteiger partial charge in [0.05, 0.1) is 17.5 Å². The molecule has 17 heavy (non-hydrogen) atoms. The molecule has 0 spiro atoms. The molecule has 0 unspecified atom stereocenters. The van der Waals surface area contributed by atoms with E-state index in [9.17, 15) is 4.79 Å². The van der Waals surface area contributed by atoms with Crippen molar-refractivity contribution in [1.29, 1.82) is 5.26 Å². The molecule has 0 aliphatic carbocycles. The van der Waals surface area contributed by atoms with Gasteiger partial charge in [0.15, 0.2) is 6.61 Å². The van der Waals surface area contributed by atoms with E-state index >= 15 is 0 Å². The molecular weight excluding hydrogens is 240 g/mol. The van der Waals surface area contributed by atoms with Crippen LogP contribution >= 0.6 is 11.6 Å². The van der Waals surface area contributed by atoms with Crippen molar-refractivity contribution in [2.75, 3.05) is 17.8 Å². The maximum Gasteiger partial charge on any atom is 0.412 e. The molecule has 0 saturated heterocycles. The van der Waals surface area contributed by atoms with Crippen LogP contribution in [0.5, 0.6) is 0 Å². The molecule has 0 bridgehead atoms. The van der Waals surface area contributed by atoms with Gasteiger partial charge in [0, 0.05) is 5.69 Å². The Balaban J connectivity index is 2.42. The van der Waals surface area contributed by atoms with E-state index in [1.807, 2.05) is 6.07 Å². The summed E-state index contributed by atoms with van der Waals surface area (Å²) < 4.78 is 4.76. The van der Waals surface area contributed by atoms with Crippen LogP contribution in [0.4, 0.5) is 10.5 Å². The lowest BCUT2D eigenvalue weighted by molar-refractivity contribution is 0.176. The minimum atomic E-state index is -0.599. The average Bonchev–Trinajstić information content (AvgIpc) is 2.36. The molecule has 86 valence electrons. The molecule has 1 rings (SSSR count). The van der Waals surface area contributed by atoms with E-state index in [0.717, 1.165) is 0 Å². The van der Waals surface area contributed by atoms with Gasteiger partial charge in [-0.1, -0.05) is 11.8 Å². The fourth-order valence-corrected chi connectivity index (χ4v) is 1.08. The lowest BCUT2D eigenvalue weighted by Crippen LogP contribution is -2.13. The number of carbonyl (C=O) groups is 1. The molecule has 1 amide bonds. The van der Waals surface area contributed by atoms with Crippen molar-refractivity contribution in [3.8, 4) is 17.9 Å². The van der Waals surface area contributed by atoms with Crippen molar-refractivity contribution < 1.29 is 9.53 Å². The summed E-state index contributed by atoms with van der Waals surface area (Å²) in [6, 6.07) is 8.41. The van der Waals surface area contributed by atoms with E-state index in [2.05, 4.69) is 17.2 Å². The van der Waals surface area contributed by atoms with Crippen LogP contribution in [0.15, 0.2) is 24.3 Å². The first kappa shape index (κ1) is 12.9. The first-order chi connectivity index (χ1) is 8.26. The zero-order chi connectivity index (χ0) is 12.5. The van der Waals surface area contributed by atoms with Gasteiger partial charge < -0.3 is 4.74 Å². The highest BCUT2D eigenvalue weighted by atomic mass is 35.5. The molecule has 0 aromatic heterocycles. The second-order valence-electron chi connectivity index (χ2n) is 2.88. The highest BCUT2D eigenvalue weighted by Gasteiger charge is 2.01. The Morgan fingerprint density at radius 1 is 1.35 bits per heavy atom. The molecule has 0 heterocycles. The van der Waals surface area contributed by atoms with Crippen LogP contribution < -0.4 is 5.32 Å². The maximum absolute atomic E-state index is 11.2. The second kappa shape index (κ2) is 7.16. The normalized spacial score (nSPS) is 8.47. The number of benzene rings is 1. The third-order valence-corrected chi connectivity index (χ3v) is 1.86. The summed E-state index contributed by atoms with van der Waals surface area (Å²) >= 11 is 5.32. The summed E-state index contributed by atoms with van der Waals surface area (Å²) in [6.45, 7) is -0.00513. The molecule has 0 aliphatic rings. The molecule has 5 heteroatoms. The number of amides is 1. The van der Waals surface area contributed by atoms with Crippen molar-refractivity contribution in [3.63, 3.8) is 0 Å². The van der Waals surface area contributed by atoms with Crippen molar-refractivity contribution in [3.05, 3.63) is 29.8 Å². The number of hydrogen-bond acceptors (Lipinski definition) is 3. The summed E-state index contributed by atoms with van der Waals surface area (Å²) in [4.78, 5) is 11.2. The lowest BCUT2D eigenvalue weighted by Gasteiger charge is -2.04.